The van der Waals surface area contributed by atoms with E-state index in [1.165, 1.54) is 6.20 Å². The topological polar surface area (TPSA) is 150 Å². The maximum atomic E-state index is 13.1. The van der Waals surface area contributed by atoms with E-state index in [4.69, 9.17) is 0 Å². The lowest BCUT2D eigenvalue weighted by molar-refractivity contribution is -0.117. The number of nitrogens with zero attached hydrogens (tertiary/aromatic N) is 3. The van der Waals surface area contributed by atoms with Crippen LogP contribution in [0.15, 0.2) is 67.6 Å². The Hall–Kier alpha value is -4.80. The maximum Gasteiger partial charge on any atom is 0.260 e. The van der Waals surface area contributed by atoms with Gasteiger partial charge in [-0.05, 0) is 54.8 Å². The first-order chi connectivity index (χ1) is 18.5. The number of rotatable bonds is 14. The largest absolute Gasteiger partial charge is 0.369 e. The fourth-order valence-electron chi connectivity index (χ4n) is 3.35. The van der Waals surface area contributed by atoms with Crippen molar-refractivity contribution in [1.82, 2.24) is 20.3 Å². The summed E-state index contributed by atoms with van der Waals surface area (Å²) < 4.78 is 0. The molecule has 5 N–H and O–H groups in total. The van der Waals surface area contributed by atoms with E-state index in [0.717, 1.165) is 24.5 Å². The number of nitrogens with one attached hydrogen (secondary N) is 5. The molecule has 2 heterocycles. The Balaban J connectivity index is 1.62. The maximum absolute atomic E-state index is 13.1. The molecule has 0 atom stereocenters. The molecular formula is C27H32N8O3. The fourth-order valence-corrected chi connectivity index (χ4v) is 3.35. The summed E-state index contributed by atoms with van der Waals surface area (Å²) in [5, 5.41) is 14.5. The van der Waals surface area contributed by atoms with Gasteiger partial charge in [-0.25, -0.2) is 4.98 Å². The van der Waals surface area contributed by atoms with Gasteiger partial charge in [0.2, 0.25) is 17.8 Å². The smallest absolute Gasteiger partial charge is 0.260 e. The van der Waals surface area contributed by atoms with Crippen LogP contribution in [0, 0.1) is 0 Å². The van der Waals surface area contributed by atoms with E-state index in [0.29, 0.717) is 41.8 Å². The molecule has 198 valence electrons. The van der Waals surface area contributed by atoms with E-state index in [1.807, 2.05) is 19.1 Å². The number of hydrogen-bond donors (Lipinski definition) is 5. The van der Waals surface area contributed by atoms with Gasteiger partial charge in [-0.2, -0.15) is 4.98 Å². The second kappa shape index (κ2) is 14.7. The van der Waals surface area contributed by atoms with Crippen LogP contribution in [0.2, 0.25) is 0 Å². The van der Waals surface area contributed by atoms with E-state index < -0.39 is 0 Å². The van der Waals surface area contributed by atoms with Gasteiger partial charge in [0.15, 0.2) is 0 Å². The molecule has 0 fully saturated rings. The van der Waals surface area contributed by atoms with Crippen LogP contribution < -0.4 is 26.6 Å². The Morgan fingerprint density at radius 2 is 1.74 bits per heavy atom. The summed E-state index contributed by atoms with van der Waals surface area (Å²) in [4.78, 5) is 49.3. The zero-order valence-corrected chi connectivity index (χ0v) is 21.3. The number of pyridine rings is 1. The molecule has 0 saturated carbocycles. The van der Waals surface area contributed by atoms with Gasteiger partial charge in [-0.3, -0.25) is 19.4 Å². The van der Waals surface area contributed by atoms with Crippen molar-refractivity contribution in [1.29, 1.82) is 0 Å². The van der Waals surface area contributed by atoms with Crippen LogP contribution in [-0.4, -0.2) is 52.3 Å². The minimum absolute atomic E-state index is 0.100. The lowest BCUT2D eigenvalue weighted by Gasteiger charge is -2.13. The number of anilines is 4. The van der Waals surface area contributed by atoms with Gasteiger partial charge in [0.05, 0.1) is 0 Å². The van der Waals surface area contributed by atoms with E-state index in [-0.39, 0.29) is 30.7 Å². The molecule has 0 aliphatic heterocycles. The summed E-state index contributed by atoms with van der Waals surface area (Å²) in [5.74, 6) is -0.153. The molecule has 11 nitrogen and oxygen atoms in total. The molecular weight excluding hydrogens is 484 g/mol. The van der Waals surface area contributed by atoms with Crippen molar-refractivity contribution in [3.05, 3.63) is 78.8 Å². The molecule has 3 aromatic rings. The monoisotopic (exact) mass is 516 g/mol. The molecule has 3 amide bonds. The molecule has 11 heteroatoms. The Bertz CT molecular complexity index is 1250. The highest BCUT2D eigenvalue weighted by molar-refractivity contribution is 6.07. The Kier molecular flexibility index (Phi) is 10.7. The summed E-state index contributed by atoms with van der Waals surface area (Å²) in [6.45, 7) is 6.84. The summed E-state index contributed by atoms with van der Waals surface area (Å²) in [7, 11) is 0. The zero-order chi connectivity index (χ0) is 27.2. The van der Waals surface area contributed by atoms with Gasteiger partial charge in [-0.1, -0.05) is 19.6 Å². The summed E-state index contributed by atoms with van der Waals surface area (Å²) in [6.07, 6.45) is 7.87. The average molecular weight is 517 g/mol. The standard InChI is InChI=1S/C27H32N8O3/c1-3-12-30-25-22(18-32-27(35-25)31-15-10-19-8-13-28-14-9-19)26(38)34-21-7-5-6-20(17-21)33-24(37)11-16-29-23(36)4-2/h4-9,13-14,17-18H,2-3,10-12,15-16H2,1H3,(H,29,36)(H,33,37)(H,34,38)(H2,30,31,32,35). The van der Waals surface area contributed by atoms with Crippen LogP contribution in [0.1, 0.15) is 35.7 Å². The predicted octanol–water partition coefficient (Wildman–Crippen LogP) is 3.23. The Labute approximate surface area is 221 Å². The molecule has 0 saturated heterocycles. The lowest BCUT2D eigenvalue weighted by atomic mass is 10.2. The molecule has 0 bridgehead atoms. The van der Waals surface area contributed by atoms with Crippen LogP contribution in [0.5, 0.6) is 0 Å². The molecule has 0 unspecified atom stereocenters. The van der Waals surface area contributed by atoms with E-state index in [2.05, 4.69) is 48.1 Å². The van der Waals surface area contributed by atoms with Crippen LogP contribution in [-0.2, 0) is 16.0 Å². The van der Waals surface area contributed by atoms with Gasteiger partial charge >= 0.3 is 0 Å². The third-order valence-corrected chi connectivity index (χ3v) is 5.26. The molecule has 0 radical (unpaired) electrons. The number of benzene rings is 1. The zero-order valence-electron chi connectivity index (χ0n) is 21.3. The number of hydrogen-bond acceptors (Lipinski definition) is 8. The lowest BCUT2D eigenvalue weighted by Crippen LogP contribution is -2.25. The van der Waals surface area contributed by atoms with E-state index in [9.17, 15) is 14.4 Å². The van der Waals surface area contributed by atoms with Crippen molar-refractivity contribution < 1.29 is 14.4 Å². The number of carbonyl (C=O) groups is 3. The van der Waals surface area contributed by atoms with Gasteiger partial charge in [-0.15, -0.1) is 0 Å². The predicted molar refractivity (Wildman–Crippen MR) is 148 cm³/mol. The average Bonchev–Trinajstić information content (AvgIpc) is 2.92. The van der Waals surface area contributed by atoms with Gasteiger partial charge in [0.25, 0.3) is 5.91 Å². The molecule has 1 aromatic carbocycles. The highest BCUT2D eigenvalue weighted by Crippen LogP contribution is 2.19. The molecule has 3 rings (SSSR count). The number of amides is 3. The van der Waals surface area contributed by atoms with Crippen molar-refractivity contribution >= 4 is 40.9 Å². The number of aromatic nitrogens is 3. The highest BCUT2D eigenvalue weighted by atomic mass is 16.2. The van der Waals surface area contributed by atoms with E-state index >= 15 is 0 Å². The van der Waals surface area contributed by atoms with Gasteiger partial charge in [0, 0.05) is 56.0 Å². The molecule has 0 aliphatic carbocycles. The van der Waals surface area contributed by atoms with Crippen molar-refractivity contribution in [2.75, 3.05) is 40.9 Å². The number of carbonyl (C=O) groups excluding carboxylic acids is 3. The highest BCUT2D eigenvalue weighted by Gasteiger charge is 2.15. The van der Waals surface area contributed by atoms with Crippen LogP contribution in [0.25, 0.3) is 0 Å². The minimum atomic E-state index is -0.387. The quantitative estimate of drug-likeness (QED) is 0.205. The van der Waals surface area contributed by atoms with Crippen molar-refractivity contribution in [2.45, 2.75) is 26.2 Å². The second-order valence-corrected chi connectivity index (χ2v) is 8.24. The Morgan fingerprint density at radius 3 is 2.47 bits per heavy atom. The van der Waals surface area contributed by atoms with Crippen molar-refractivity contribution in [2.24, 2.45) is 0 Å². The first-order valence-electron chi connectivity index (χ1n) is 12.3. The van der Waals surface area contributed by atoms with Gasteiger partial charge < -0.3 is 26.6 Å². The molecule has 2 aromatic heterocycles. The summed E-state index contributed by atoms with van der Waals surface area (Å²) in [6, 6.07) is 10.7. The normalized spacial score (nSPS) is 10.2. The van der Waals surface area contributed by atoms with Crippen molar-refractivity contribution in [3.8, 4) is 0 Å². The van der Waals surface area contributed by atoms with Crippen molar-refractivity contribution in [3.63, 3.8) is 0 Å². The van der Waals surface area contributed by atoms with Crippen LogP contribution in [0.3, 0.4) is 0 Å². The minimum Gasteiger partial charge on any atom is -0.369 e. The van der Waals surface area contributed by atoms with Crippen LogP contribution >= 0.6 is 0 Å². The van der Waals surface area contributed by atoms with Crippen LogP contribution in [0.4, 0.5) is 23.1 Å². The summed E-state index contributed by atoms with van der Waals surface area (Å²) in [5.41, 5.74) is 2.45. The summed E-state index contributed by atoms with van der Waals surface area (Å²) >= 11 is 0. The third-order valence-electron chi connectivity index (χ3n) is 5.26. The molecule has 0 spiro atoms. The van der Waals surface area contributed by atoms with Gasteiger partial charge in [0.1, 0.15) is 11.4 Å². The Morgan fingerprint density at radius 1 is 0.974 bits per heavy atom. The van der Waals surface area contributed by atoms with E-state index in [1.54, 1.807) is 36.7 Å². The fraction of sp³-hybridized carbons (Fsp3) is 0.259. The first-order valence-corrected chi connectivity index (χ1v) is 12.3. The SMILES string of the molecule is C=CC(=O)NCCC(=O)Nc1cccc(NC(=O)c2cnc(NCCc3ccncc3)nc2NCCC)c1. The first kappa shape index (κ1) is 27.8. The molecule has 0 aliphatic rings. The molecule has 38 heavy (non-hydrogen) atoms. The second-order valence-electron chi connectivity index (χ2n) is 8.24. The third kappa shape index (κ3) is 9.01.